The van der Waals surface area contributed by atoms with Crippen molar-refractivity contribution in [3.05, 3.63) is 31.2 Å². The molecule has 13 heavy (non-hydrogen) atoms. The van der Waals surface area contributed by atoms with Crippen LogP contribution in [0.3, 0.4) is 0 Å². The second kappa shape index (κ2) is 12.5. The zero-order valence-corrected chi connectivity index (χ0v) is 11.5. The Hall–Kier alpha value is 0.458. The quantitative estimate of drug-likeness (QED) is 0.460. The summed E-state index contributed by atoms with van der Waals surface area (Å²) in [6.07, 6.45) is 13.3. The molecule has 0 amide bonds. The van der Waals surface area contributed by atoms with Crippen molar-refractivity contribution in [2.24, 2.45) is 0 Å². The Morgan fingerprint density at radius 3 is 2.46 bits per heavy atom. The van der Waals surface area contributed by atoms with Crippen LogP contribution in [0, 0.1) is 7.43 Å². The molecule has 1 aliphatic rings. The second-order valence-electron chi connectivity index (χ2n) is 2.80. The Balaban J connectivity index is 0. The molecule has 0 N–H and O–H groups in total. The summed E-state index contributed by atoms with van der Waals surface area (Å²) in [4.78, 5) is 0. The number of allylic oxidation sites excluding steroid dienone is 4. The van der Waals surface area contributed by atoms with Gasteiger partial charge in [0.15, 0.2) is 0 Å². The number of hydrogen-bond acceptors (Lipinski definition) is 0. The van der Waals surface area contributed by atoms with Gasteiger partial charge in [0.1, 0.15) is 0 Å². The van der Waals surface area contributed by atoms with Gasteiger partial charge in [0, 0.05) is 0 Å². The fourth-order valence-corrected chi connectivity index (χ4v) is 1.31. The molecule has 80 valence electrons. The first kappa shape index (κ1) is 15.9. The topological polar surface area (TPSA) is 0 Å². The summed E-state index contributed by atoms with van der Waals surface area (Å²) in [7, 11) is 4.61. The molecule has 0 heterocycles. The molecule has 0 aromatic heterocycles. The third kappa shape index (κ3) is 8.78. The predicted octanol–water partition coefficient (Wildman–Crippen LogP) is 4.59. The van der Waals surface area contributed by atoms with Gasteiger partial charge in [-0.05, 0) is 32.1 Å². The zero-order valence-electron chi connectivity index (χ0n) is 8.46. The van der Waals surface area contributed by atoms with Crippen molar-refractivity contribution in [3.63, 3.8) is 0 Å². The van der Waals surface area contributed by atoms with Gasteiger partial charge in [-0.2, -0.15) is 0 Å². The van der Waals surface area contributed by atoms with Crippen LogP contribution in [0.25, 0.3) is 0 Å². The van der Waals surface area contributed by atoms with Crippen molar-refractivity contribution in [3.8, 4) is 0 Å². The number of hydrogen-bond donors (Lipinski definition) is 0. The monoisotopic (exact) mass is 381 g/mol. The van der Waals surface area contributed by atoms with Crippen molar-refractivity contribution in [1.82, 2.24) is 0 Å². The van der Waals surface area contributed by atoms with Crippen molar-refractivity contribution < 1.29 is 18.8 Å². The molecule has 1 rings (SSSR count). The third-order valence-electron chi connectivity index (χ3n) is 2.02. The molecule has 0 aromatic carbocycles. The first-order valence-corrected chi connectivity index (χ1v) is 7.20. The van der Waals surface area contributed by atoms with Crippen LogP contribution in [0.2, 0.25) is 0 Å². The molecule has 0 aromatic rings. The predicted molar refractivity (Wildman–Crippen MR) is 58.2 cm³/mol. The van der Waals surface area contributed by atoms with E-state index in [1.165, 1.54) is 32.1 Å². The summed E-state index contributed by atoms with van der Waals surface area (Å²) < 4.78 is 0. The van der Waals surface area contributed by atoms with Gasteiger partial charge in [-0.1, -0.05) is 30.7 Å². The van der Waals surface area contributed by atoms with Crippen LogP contribution in [0.5, 0.6) is 0 Å². The summed E-state index contributed by atoms with van der Waals surface area (Å²) in [5.41, 5.74) is 1.64. The van der Waals surface area contributed by atoms with Gasteiger partial charge >= 0.3 is 28.2 Å². The van der Waals surface area contributed by atoms with Gasteiger partial charge in [-0.25, -0.2) is 0 Å². The van der Waals surface area contributed by atoms with Crippen LogP contribution < -0.4 is 0 Å². The Kier molecular flexibility index (Phi) is 15.2. The molecular weight excluding hydrogens is 363 g/mol. The van der Waals surface area contributed by atoms with E-state index in [1.54, 1.807) is 24.3 Å². The van der Waals surface area contributed by atoms with E-state index in [1.807, 2.05) is 0 Å². The molecule has 0 bridgehead atoms. The van der Waals surface area contributed by atoms with Crippen LogP contribution in [0.15, 0.2) is 23.8 Å². The minimum atomic E-state index is 0. The van der Waals surface area contributed by atoms with Crippen molar-refractivity contribution >= 4 is 9.42 Å². The van der Waals surface area contributed by atoms with E-state index in [0.29, 0.717) is 0 Å². The van der Waals surface area contributed by atoms with Crippen LogP contribution in [0.4, 0.5) is 0 Å². The summed E-state index contributed by atoms with van der Waals surface area (Å²) >= 11 is 1.61. The fraction of sp³-hybridized carbons (Fsp3) is 0.545. The molecule has 0 atom stereocenters. The standard InChI is InChI=1S/C10H16.CH3.ClH.Pt/c1-2-10-8-6-4-3-5-7-9-10;;;/h3-4,9H,2,5-8H2,1H3;1H3;1H;/q;-1;;+2/p-1/b4-3-,10-9+;;;. The van der Waals surface area contributed by atoms with E-state index in [9.17, 15) is 0 Å². The molecule has 1 aliphatic carbocycles. The van der Waals surface area contributed by atoms with Gasteiger partial charge < -0.3 is 7.43 Å². The van der Waals surface area contributed by atoms with E-state index < -0.39 is 0 Å². The molecule has 0 unspecified atom stereocenters. The molecular formula is C11H19ClPt. The Morgan fingerprint density at radius 1 is 1.23 bits per heavy atom. The molecule has 0 fully saturated rings. The van der Waals surface area contributed by atoms with Crippen LogP contribution >= 0.6 is 9.42 Å². The van der Waals surface area contributed by atoms with E-state index in [-0.39, 0.29) is 7.43 Å². The molecule has 0 nitrogen and oxygen atoms in total. The van der Waals surface area contributed by atoms with Crippen molar-refractivity contribution in [1.29, 1.82) is 0 Å². The second-order valence-corrected chi connectivity index (χ2v) is 2.80. The summed E-state index contributed by atoms with van der Waals surface area (Å²) in [5, 5.41) is 0. The summed E-state index contributed by atoms with van der Waals surface area (Å²) in [5.74, 6) is 0. The van der Waals surface area contributed by atoms with Gasteiger partial charge in [-0.3, -0.25) is 0 Å². The maximum atomic E-state index is 4.61. The Labute approximate surface area is 98.3 Å². The normalized spacial score (nSPS) is 22.0. The van der Waals surface area contributed by atoms with Gasteiger partial charge in [0.2, 0.25) is 0 Å². The van der Waals surface area contributed by atoms with Gasteiger partial charge in [0.25, 0.3) is 0 Å². The summed E-state index contributed by atoms with van der Waals surface area (Å²) in [6, 6.07) is 0. The minimum absolute atomic E-state index is 0. The third-order valence-corrected chi connectivity index (χ3v) is 2.02. The van der Waals surface area contributed by atoms with Crippen LogP contribution in [-0.2, 0) is 18.8 Å². The van der Waals surface area contributed by atoms with Gasteiger partial charge in [-0.15, -0.1) is 0 Å². The Bertz CT molecular complexity index is 150. The zero-order chi connectivity index (χ0) is 9.23. The number of rotatable bonds is 1. The molecule has 0 saturated heterocycles. The SMILES string of the molecule is CC/C1=C\CC/C=C\CC1.[CH3-].[Cl][Pt+]. The van der Waals surface area contributed by atoms with Crippen molar-refractivity contribution in [2.45, 2.75) is 39.0 Å². The Morgan fingerprint density at radius 2 is 1.85 bits per heavy atom. The molecule has 0 aliphatic heterocycles. The molecule has 2 heteroatoms. The number of halogens is 1. The van der Waals surface area contributed by atoms with Crippen molar-refractivity contribution in [2.75, 3.05) is 0 Å². The van der Waals surface area contributed by atoms with E-state index in [0.717, 1.165) is 0 Å². The van der Waals surface area contributed by atoms with E-state index in [4.69, 9.17) is 0 Å². The maximum absolute atomic E-state index is 4.61. The van der Waals surface area contributed by atoms with Crippen LogP contribution in [0.1, 0.15) is 39.0 Å². The molecule has 0 spiro atoms. The molecule has 0 radical (unpaired) electrons. The van der Waals surface area contributed by atoms with E-state index in [2.05, 4.69) is 34.6 Å². The average molecular weight is 382 g/mol. The van der Waals surface area contributed by atoms with Crippen LogP contribution in [-0.4, -0.2) is 0 Å². The molecule has 0 saturated carbocycles. The average Bonchev–Trinajstić information content (AvgIpc) is 2.08. The fourth-order valence-electron chi connectivity index (χ4n) is 1.31. The first-order valence-electron chi connectivity index (χ1n) is 4.38. The first-order chi connectivity index (χ1) is 5.93. The van der Waals surface area contributed by atoms with Gasteiger partial charge in [0.05, 0.1) is 0 Å². The summed E-state index contributed by atoms with van der Waals surface area (Å²) in [6.45, 7) is 2.25. The van der Waals surface area contributed by atoms with E-state index >= 15 is 0 Å².